The first-order valence-electron chi connectivity index (χ1n) is 10.3. The van der Waals surface area contributed by atoms with Gasteiger partial charge in [-0.1, -0.05) is 19.8 Å². The summed E-state index contributed by atoms with van der Waals surface area (Å²) in [7, 11) is -2.37. The maximum absolute atomic E-state index is 13.0. The first-order valence-corrected chi connectivity index (χ1v) is 11.7. The number of carbonyl (C=O) groups excluding carboxylic acids is 2. The minimum atomic E-state index is -3.80. The van der Waals surface area contributed by atoms with E-state index in [9.17, 15) is 18.0 Å². The number of amides is 2. The summed E-state index contributed by atoms with van der Waals surface area (Å²) in [5, 5.41) is 3.00. The zero-order valence-electron chi connectivity index (χ0n) is 17.6. The van der Waals surface area contributed by atoms with Crippen molar-refractivity contribution in [3.8, 4) is 0 Å². The highest BCUT2D eigenvalue weighted by molar-refractivity contribution is 7.89. The Morgan fingerprint density at radius 3 is 2.55 bits per heavy atom. The van der Waals surface area contributed by atoms with Crippen molar-refractivity contribution in [2.24, 2.45) is 5.92 Å². The molecule has 1 heterocycles. The first kappa shape index (κ1) is 21.8. The van der Waals surface area contributed by atoms with Crippen LogP contribution in [0, 0.1) is 5.92 Å². The SMILES string of the molecule is CC(=O)N1c2ccc(S(=O)(=O)N(C)CC(=O)N[C@@H]3CCCC[C@H]3C)cc2C[C@H]1C. The van der Waals surface area contributed by atoms with E-state index in [1.807, 2.05) is 6.92 Å². The lowest BCUT2D eigenvalue weighted by molar-refractivity contribution is -0.122. The smallest absolute Gasteiger partial charge is 0.243 e. The number of rotatable bonds is 5. The third-order valence-electron chi connectivity index (χ3n) is 6.14. The summed E-state index contributed by atoms with van der Waals surface area (Å²) in [4.78, 5) is 26.1. The zero-order valence-corrected chi connectivity index (χ0v) is 18.5. The lowest BCUT2D eigenvalue weighted by Gasteiger charge is -2.30. The molecular weight excluding hydrogens is 390 g/mol. The average molecular weight is 422 g/mol. The van der Waals surface area contributed by atoms with E-state index in [4.69, 9.17) is 0 Å². The van der Waals surface area contributed by atoms with E-state index in [2.05, 4.69) is 12.2 Å². The largest absolute Gasteiger partial charge is 0.352 e. The molecule has 0 unspecified atom stereocenters. The van der Waals surface area contributed by atoms with Crippen molar-refractivity contribution in [1.29, 1.82) is 0 Å². The molecule has 0 aromatic heterocycles. The summed E-state index contributed by atoms with van der Waals surface area (Å²) in [5.74, 6) is 0.0856. The van der Waals surface area contributed by atoms with Crippen molar-refractivity contribution >= 4 is 27.5 Å². The third kappa shape index (κ3) is 4.48. The summed E-state index contributed by atoms with van der Waals surface area (Å²) in [6.07, 6.45) is 4.92. The molecule has 29 heavy (non-hydrogen) atoms. The average Bonchev–Trinajstić information content (AvgIpc) is 2.98. The van der Waals surface area contributed by atoms with Gasteiger partial charge in [0, 0.05) is 31.7 Å². The molecule has 1 N–H and O–H groups in total. The molecule has 3 atom stereocenters. The second-order valence-electron chi connectivity index (χ2n) is 8.43. The van der Waals surface area contributed by atoms with Gasteiger partial charge in [0.15, 0.2) is 0 Å². The topological polar surface area (TPSA) is 86.8 Å². The van der Waals surface area contributed by atoms with Crippen LogP contribution in [-0.2, 0) is 26.0 Å². The van der Waals surface area contributed by atoms with Crippen molar-refractivity contribution in [3.63, 3.8) is 0 Å². The number of nitrogens with zero attached hydrogens (tertiary/aromatic N) is 2. The second-order valence-corrected chi connectivity index (χ2v) is 10.5. The molecule has 1 aromatic rings. The Morgan fingerprint density at radius 2 is 1.90 bits per heavy atom. The highest BCUT2D eigenvalue weighted by Gasteiger charge is 2.32. The predicted octanol–water partition coefficient (Wildman–Crippen LogP) is 2.30. The summed E-state index contributed by atoms with van der Waals surface area (Å²) in [6.45, 7) is 5.37. The predicted molar refractivity (Wildman–Crippen MR) is 112 cm³/mol. The number of hydrogen-bond donors (Lipinski definition) is 1. The highest BCUT2D eigenvalue weighted by atomic mass is 32.2. The summed E-state index contributed by atoms with van der Waals surface area (Å²) in [5.41, 5.74) is 1.60. The van der Waals surface area contributed by atoms with Gasteiger partial charge in [-0.2, -0.15) is 4.31 Å². The van der Waals surface area contributed by atoms with E-state index in [1.165, 1.54) is 26.5 Å². The molecule has 0 radical (unpaired) electrons. The summed E-state index contributed by atoms with van der Waals surface area (Å²) < 4.78 is 27.1. The monoisotopic (exact) mass is 421 g/mol. The molecule has 0 bridgehead atoms. The molecule has 1 fully saturated rings. The Morgan fingerprint density at radius 1 is 1.21 bits per heavy atom. The van der Waals surface area contributed by atoms with Crippen molar-refractivity contribution in [2.75, 3.05) is 18.5 Å². The van der Waals surface area contributed by atoms with Crippen LogP contribution in [0.4, 0.5) is 5.69 Å². The molecule has 2 aliphatic rings. The maximum Gasteiger partial charge on any atom is 0.243 e. The molecule has 8 heteroatoms. The van der Waals surface area contributed by atoms with Gasteiger partial charge in [0.1, 0.15) is 0 Å². The van der Waals surface area contributed by atoms with Gasteiger partial charge in [-0.05, 0) is 55.9 Å². The van der Waals surface area contributed by atoms with Crippen LogP contribution in [-0.4, -0.2) is 50.2 Å². The van der Waals surface area contributed by atoms with Crippen LogP contribution in [0.5, 0.6) is 0 Å². The number of hydrogen-bond acceptors (Lipinski definition) is 4. The number of benzene rings is 1. The lowest BCUT2D eigenvalue weighted by atomic mass is 9.86. The molecule has 0 spiro atoms. The summed E-state index contributed by atoms with van der Waals surface area (Å²) in [6, 6.07) is 4.94. The maximum atomic E-state index is 13.0. The van der Waals surface area contributed by atoms with Gasteiger partial charge in [0.2, 0.25) is 21.8 Å². The van der Waals surface area contributed by atoms with Crippen LogP contribution in [0.3, 0.4) is 0 Å². The quantitative estimate of drug-likeness (QED) is 0.790. The number of fused-ring (bicyclic) bond motifs is 1. The Hall–Kier alpha value is -1.93. The fourth-order valence-electron chi connectivity index (χ4n) is 4.50. The van der Waals surface area contributed by atoms with Gasteiger partial charge in [0.25, 0.3) is 0 Å². The van der Waals surface area contributed by atoms with E-state index in [1.54, 1.807) is 17.0 Å². The van der Waals surface area contributed by atoms with Crippen LogP contribution in [0.25, 0.3) is 0 Å². The minimum absolute atomic E-state index is 0.00134. The van der Waals surface area contributed by atoms with Crippen molar-refractivity contribution in [1.82, 2.24) is 9.62 Å². The van der Waals surface area contributed by atoms with E-state index in [-0.39, 0.29) is 35.3 Å². The Labute approximate surface area is 173 Å². The fourth-order valence-corrected chi connectivity index (χ4v) is 5.68. The molecule has 7 nitrogen and oxygen atoms in total. The fraction of sp³-hybridized carbons (Fsp3) is 0.619. The molecule has 1 aliphatic heterocycles. The van der Waals surface area contributed by atoms with E-state index < -0.39 is 10.0 Å². The molecule has 2 amide bonds. The molecule has 1 saturated carbocycles. The molecule has 160 valence electrons. The van der Waals surface area contributed by atoms with Crippen molar-refractivity contribution in [2.45, 2.75) is 69.9 Å². The Kier molecular flexibility index (Phi) is 6.33. The van der Waals surface area contributed by atoms with Crippen LogP contribution in [0.2, 0.25) is 0 Å². The summed E-state index contributed by atoms with van der Waals surface area (Å²) >= 11 is 0. The number of anilines is 1. The van der Waals surface area contributed by atoms with E-state index in [0.717, 1.165) is 34.8 Å². The normalized spacial score (nSPS) is 24.4. The van der Waals surface area contributed by atoms with Gasteiger partial charge in [0.05, 0.1) is 11.4 Å². The zero-order chi connectivity index (χ0) is 21.3. The van der Waals surface area contributed by atoms with Gasteiger partial charge in [-0.15, -0.1) is 0 Å². The van der Waals surface area contributed by atoms with Crippen LogP contribution in [0.1, 0.15) is 52.0 Å². The van der Waals surface area contributed by atoms with Gasteiger partial charge in [-0.3, -0.25) is 9.59 Å². The molecule has 1 aromatic carbocycles. The van der Waals surface area contributed by atoms with Gasteiger partial charge < -0.3 is 10.2 Å². The van der Waals surface area contributed by atoms with Crippen LogP contribution >= 0.6 is 0 Å². The Bertz CT molecular complexity index is 899. The molecule has 1 aliphatic carbocycles. The second kappa shape index (κ2) is 8.44. The van der Waals surface area contributed by atoms with Crippen LogP contribution in [0.15, 0.2) is 23.1 Å². The van der Waals surface area contributed by atoms with Crippen LogP contribution < -0.4 is 10.2 Å². The molecule has 3 rings (SSSR count). The first-order chi connectivity index (χ1) is 13.6. The van der Waals surface area contributed by atoms with Gasteiger partial charge >= 0.3 is 0 Å². The lowest BCUT2D eigenvalue weighted by Crippen LogP contribution is -2.46. The van der Waals surface area contributed by atoms with E-state index >= 15 is 0 Å². The Balaban J connectivity index is 1.71. The number of sulfonamides is 1. The molecular formula is C21H31N3O4S. The number of likely N-dealkylation sites (N-methyl/N-ethyl adjacent to an activating group) is 1. The standard InChI is InChI=1S/C21H31N3O4S/c1-14-7-5-6-8-19(14)22-21(26)13-23(4)29(27,28)18-9-10-20-17(12-18)11-15(2)24(20)16(3)25/h9-10,12,14-15,19H,5-8,11,13H2,1-4H3,(H,22,26)/t14-,15-,19-/m1/s1. The highest BCUT2D eigenvalue weighted by Crippen LogP contribution is 2.34. The van der Waals surface area contributed by atoms with Gasteiger partial charge in [-0.25, -0.2) is 8.42 Å². The molecule has 0 saturated heterocycles. The third-order valence-corrected chi connectivity index (χ3v) is 7.94. The number of nitrogens with one attached hydrogen (secondary N) is 1. The van der Waals surface area contributed by atoms with Crippen molar-refractivity contribution < 1.29 is 18.0 Å². The van der Waals surface area contributed by atoms with Crippen molar-refractivity contribution in [3.05, 3.63) is 23.8 Å². The van der Waals surface area contributed by atoms with E-state index in [0.29, 0.717) is 12.3 Å². The minimum Gasteiger partial charge on any atom is -0.352 e. The number of carbonyl (C=O) groups is 2.